The Morgan fingerprint density at radius 1 is 0.309 bits per heavy atom. The zero-order chi connectivity index (χ0) is 49.6. The molecule has 0 amide bonds. The van der Waals surface area contributed by atoms with E-state index in [1.165, 1.54) is 238 Å². The Balaban J connectivity index is 4.23. The van der Waals surface area contributed by atoms with E-state index >= 15 is 0 Å². The van der Waals surface area contributed by atoms with Gasteiger partial charge in [0.05, 0.1) is 0 Å². The molecule has 0 aromatic carbocycles. The van der Waals surface area contributed by atoms with Gasteiger partial charge >= 0.3 is 17.9 Å². The van der Waals surface area contributed by atoms with Crippen molar-refractivity contribution in [3.05, 3.63) is 0 Å². The third-order valence-electron chi connectivity index (χ3n) is 14.6. The largest absolute Gasteiger partial charge is 0.462 e. The van der Waals surface area contributed by atoms with Crippen LogP contribution in [0.2, 0.25) is 0 Å². The lowest BCUT2D eigenvalue weighted by Gasteiger charge is -2.18. The van der Waals surface area contributed by atoms with Crippen LogP contribution in [0.5, 0.6) is 0 Å². The average molecular weight is 962 g/mol. The highest BCUT2D eigenvalue weighted by Gasteiger charge is 2.19. The third-order valence-corrected chi connectivity index (χ3v) is 14.6. The molecule has 1 unspecified atom stereocenters. The lowest BCUT2D eigenvalue weighted by Crippen LogP contribution is -2.30. The van der Waals surface area contributed by atoms with Crippen molar-refractivity contribution >= 4 is 17.9 Å². The maximum absolute atomic E-state index is 12.9. The number of hydrogen-bond donors (Lipinski definition) is 0. The highest BCUT2D eigenvalue weighted by atomic mass is 16.6. The van der Waals surface area contributed by atoms with Crippen molar-refractivity contribution < 1.29 is 28.6 Å². The molecule has 0 heterocycles. The van der Waals surface area contributed by atoms with Gasteiger partial charge < -0.3 is 14.2 Å². The van der Waals surface area contributed by atoms with Crippen LogP contribution in [0, 0.1) is 11.8 Å². The molecule has 0 aliphatic rings. The Kier molecular flexibility index (Phi) is 53.5. The van der Waals surface area contributed by atoms with Crippen molar-refractivity contribution in [2.45, 2.75) is 355 Å². The van der Waals surface area contributed by atoms with E-state index < -0.39 is 6.10 Å². The summed E-state index contributed by atoms with van der Waals surface area (Å²) in [5.74, 6) is 0.893. The van der Waals surface area contributed by atoms with Gasteiger partial charge in [0.25, 0.3) is 0 Å². The van der Waals surface area contributed by atoms with E-state index in [9.17, 15) is 14.4 Å². The number of hydrogen-bond acceptors (Lipinski definition) is 6. The van der Waals surface area contributed by atoms with Crippen LogP contribution in [0.25, 0.3) is 0 Å². The number of carbonyl (C=O) groups excluding carboxylic acids is 3. The van der Waals surface area contributed by atoms with Gasteiger partial charge in [-0.3, -0.25) is 14.4 Å². The Bertz CT molecular complexity index is 1040. The van der Waals surface area contributed by atoms with E-state index in [1.807, 2.05) is 0 Å². The molecule has 68 heavy (non-hydrogen) atoms. The summed E-state index contributed by atoms with van der Waals surface area (Å²) in [5.41, 5.74) is 0. The Morgan fingerprint density at radius 3 is 0.838 bits per heavy atom. The maximum Gasteiger partial charge on any atom is 0.306 e. The Morgan fingerprint density at radius 2 is 0.559 bits per heavy atom. The second-order valence-corrected chi connectivity index (χ2v) is 22.1. The summed E-state index contributed by atoms with van der Waals surface area (Å²) in [6.45, 7) is 11.5. The van der Waals surface area contributed by atoms with Crippen LogP contribution >= 0.6 is 0 Å². The van der Waals surface area contributed by atoms with Crippen LogP contribution < -0.4 is 0 Å². The zero-order valence-electron chi connectivity index (χ0n) is 46.7. The molecular weight excluding hydrogens is 841 g/mol. The molecule has 0 aromatic heterocycles. The summed E-state index contributed by atoms with van der Waals surface area (Å²) < 4.78 is 16.9. The van der Waals surface area contributed by atoms with Crippen molar-refractivity contribution in [3.8, 4) is 0 Å². The first kappa shape index (κ1) is 66.4. The van der Waals surface area contributed by atoms with Crippen molar-refractivity contribution in [1.29, 1.82) is 0 Å². The van der Waals surface area contributed by atoms with Gasteiger partial charge in [-0.15, -0.1) is 0 Å². The number of rotatable bonds is 56. The molecule has 2 atom stereocenters. The summed E-state index contributed by atoms with van der Waals surface area (Å²) in [6.07, 6.45) is 59.5. The first-order valence-electron chi connectivity index (χ1n) is 30.8. The fourth-order valence-electron chi connectivity index (χ4n) is 9.55. The van der Waals surface area contributed by atoms with Gasteiger partial charge in [-0.2, -0.15) is 0 Å². The van der Waals surface area contributed by atoms with Gasteiger partial charge in [0.1, 0.15) is 13.2 Å². The molecule has 0 radical (unpaired) electrons. The van der Waals surface area contributed by atoms with Gasteiger partial charge in [-0.25, -0.2) is 0 Å². The monoisotopic (exact) mass is 961 g/mol. The zero-order valence-corrected chi connectivity index (χ0v) is 46.7. The van der Waals surface area contributed by atoms with Gasteiger partial charge in [-0.1, -0.05) is 311 Å². The lowest BCUT2D eigenvalue weighted by molar-refractivity contribution is -0.167. The predicted molar refractivity (Wildman–Crippen MR) is 293 cm³/mol. The molecule has 0 bridgehead atoms. The third kappa shape index (κ3) is 53.8. The van der Waals surface area contributed by atoms with Crippen molar-refractivity contribution in [2.24, 2.45) is 11.8 Å². The van der Waals surface area contributed by atoms with Crippen LogP contribution in [-0.2, 0) is 28.6 Å². The van der Waals surface area contributed by atoms with Gasteiger partial charge in [0, 0.05) is 19.3 Å². The van der Waals surface area contributed by atoms with E-state index in [0.717, 1.165) is 69.6 Å². The normalized spacial score (nSPS) is 12.4. The first-order valence-corrected chi connectivity index (χ1v) is 30.8. The predicted octanol–water partition coefficient (Wildman–Crippen LogP) is 20.4. The van der Waals surface area contributed by atoms with Crippen molar-refractivity contribution in [2.75, 3.05) is 13.2 Å². The highest BCUT2D eigenvalue weighted by Crippen LogP contribution is 2.19. The molecular formula is C62H120O6. The lowest BCUT2D eigenvalue weighted by atomic mass is 9.99. The Hall–Kier alpha value is -1.59. The summed E-state index contributed by atoms with van der Waals surface area (Å²) in [7, 11) is 0. The number of unbranched alkanes of at least 4 members (excludes halogenated alkanes) is 40. The molecule has 0 aromatic rings. The van der Waals surface area contributed by atoms with Crippen LogP contribution in [0.1, 0.15) is 349 Å². The van der Waals surface area contributed by atoms with Crippen molar-refractivity contribution in [1.82, 2.24) is 0 Å². The van der Waals surface area contributed by atoms with E-state index in [1.54, 1.807) is 0 Å². The number of ether oxygens (including phenoxy) is 3. The molecule has 404 valence electrons. The minimum atomic E-state index is -0.763. The molecule has 0 rings (SSSR count). The minimum Gasteiger partial charge on any atom is -0.462 e. The van der Waals surface area contributed by atoms with Crippen LogP contribution in [0.4, 0.5) is 0 Å². The van der Waals surface area contributed by atoms with Crippen molar-refractivity contribution in [3.63, 3.8) is 0 Å². The second-order valence-electron chi connectivity index (χ2n) is 22.1. The van der Waals surface area contributed by atoms with Gasteiger partial charge in [0.15, 0.2) is 6.10 Å². The fourth-order valence-corrected chi connectivity index (χ4v) is 9.55. The molecule has 6 nitrogen and oxygen atoms in total. The molecule has 0 saturated carbocycles. The summed E-state index contributed by atoms with van der Waals surface area (Å²) in [6, 6.07) is 0. The van der Waals surface area contributed by atoms with Gasteiger partial charge in [-0.05, 0) is 31.1 Å². The molecule has 0 saturated heterocycles. The second kappa shape index (κ2) is 54.7. The summed E-state index contributed by atoms with van der Waals surface area (Å²) >= 11 is 0. The average Bonchev–Trinajstić information content (AvgIpc) is 3.32. The summed E-state index contributed by atoms with van der Waals surface area (Å²) in [4.78, 5) is 38.2. The van der Waals surface area contributed by atoms with E-state index in [2.05, 4.69) is 34.6 Å². The first-order chi connectivity index (χ1) is 33.3. The minimum absolute atomic E-state index is 0.0623. The summed E-state index contributed by atoms with van der Waals surface area (Å²) in [5, 5.41) is 0. The van der Waals surface area contributed by atoms with Gasteiger partial charge in [0.2, 0.25) is 0 Å². The van der Waals surface area contributed by atoms with E-state index in [-0.39, 0.29) is 31.1 Å². The van der Waals surface area contributed by atoms with Crippen LogP contribution in [-0.4, -0.2) is 37.2 Å². The quantitative estimate of drug-likeness (QED) is 0.0343. The van der Waals surface area contributed by atoms with E-state index in [0.29, 0.717) is 19.3 Å². The molecule has 0 fully saturated rings. The Labute approximate surface area is 425 Å². The number of esters is 3. The number of carbonyl (C=O) groups is 3. The molecule has 0 N–H and O–H groups in total. The molecule has 0 spiro atoms. The molecule has 6 heteroatoms. The molecule has 0 aliphatic carbocycles. The smallest absolute Gasteiger partial charge is 0.306 e. The van der Waals surface area contributed by atoms with Crippen LogP contribution in [0.3, 0.4) is 0 Å². The standard InChI is InChI=1S/C62H120O6/c1-6-8-9-10-11-12-13-14-19-24-27-34-39-44-49-54-62(65)68-59(56-67-61(64)53-48-43-38-33-29-28-30-35-40-45-50-57(3)4)55-66-60(63)52-47-42-37-32-26-23-21-18-16-15-17-20-22-25-31-36-41-46-51-58(5)7-2/h57-59H,6-56H2,1-5H3/t58?,59-/m1/s1. The maximum atomic E-state index is 12.9. The topological polar surface area (TPSA) is 78.9 Å². The SMILES string of the molecule is CCCCCCCCCCCCCCCCCC(=O)O[C@H](COC(=O)CCCCCCCCCCCCCCCCCCCCC(C)CC)COC(=O)CCCCCCCCCCCCC(C)C. The van der Waals surface area contributed by atoms with E-state index in [4.69, 9.17) is 14.2 Å². The fraction of sp³-hybridized carbons (Fsp3) is 0.952. The molecule has 0 aliphatic heterocycles. The highest BCUT2D eigenvalue weighted by molar-refractivity contribution is 5.71. The van der Waals surface area contributed by atoms with Crippen LogP contribution in [0.15, 0.2) is 0 Å².